The molecule has 0 fully saturated rings. The maximum atomic E-state index is 3.52. The van der Waals surface area contributed by atoms with Crippen LogP contribution in [-0.4, -0.2) is 13.8 Å². The molecule has 0 atom stereocenters. The Labute approximate surface area is 105 Å². The Morgan fingerprint density at radius 2 is 1.88 bits per heavy atom. The monoisotopic (exact) mass is 224 g/mol. The minimum absolute atomic E-state index is 0.911. The molecule has 1 aliphatic heterocycles. The second kappa shape index (κ2) is 4.83. The lowest BCUT2D eigenvalue weighted by molar-refractivity contribution is 1.18. The van der Waals surface area contributed by atoms with Crippen molar-refractivity contribution in [3.8, 4) is 0 Å². The largest absolute Gasteiger partial charge is 0.381 e. The van der Waals surface area contributed by atoms with E-state index in [1.54, 1.807) is 0 Å². The van der Waals surface area contributed by atoms with E-state index in [0.717, 1.165) is 6.54 Å². The van der Waals surface area contributed by atoms with Crippen LogP contribution in [0.2, 0.25) is 0 Å². The Bertz CT molecular complexity index is 498. The molecule has 0 unspecified atom stereocenters. The van der Waals surface area contributed by atoms with Crippen LogP contribution in [0.4, 0.5) is 5.69 Å². The van der Waals surface area contributed by atoms with Gasteiger partial charge in [0.2, 0.25) is 0 Å². The lowest BCUT2D eigenvalue weighted by Crippen LogP contribution is -2.07. The first-order valence-corrected chi connectivity index (χ1v) is 6.11. The van der Waals surface area contributed by atoms with Crippen molar-refractivity contribution in [2.45, 2.75) is 27.7 Å². The molecule has 0 amide bonds. The third-order valence-corrected chi connectivity index (χ3v) is 3.37. The zero-order valence-electron chi connectivity index (χ0n) is 11.1. The number of nitrogens with one attached hydrogen (secondary N) is 1. The molecule has 1 radical (unpaired) electrons. The van der Waals surface area contributed by atoms with E-state index in [1.807, 2.05) is 0 Å². The summed E-state index contributed by atoms with van der Waals surface area (Å²) in [6.45, 7) is 9.54. The third-order valence-electron chi connectivity index (χ3n) is 3.37. The van der Waals surface area contributed by atoms with E-state index in [9.17, 15) is 0 Å². The van der Waals surface area contributed by atoms with Crippen molar-refractivity contribution in [1.29, 1.82) is 0 Å². The number of hydrogen-bond donors (Lipinski definition) is 1. The predicted octanol–water partition coefficient (Wildman–Crippen LogP) is 3.61. The molecule has 1 aromatic rings. The summed E-state index contributed by atoms with van der Waals surface area (Å²) in [6, 6.07) is 6.53. The van der Waals surface area contributed by atoms with E-state index < -0.39 is 0 Å². The zero-order chi connectivity index (χ0) is 12.4. The van der Waals surface area contributed by atoms with Crippen molar-refractivity contribution in [3.63, 3.8) is 0 Å². The maximum Gasteiger partial charge on any atom is 0.176 e. The molecule has 0 aliphatic carbocycles. The van der Waals surface area contributed by atoms with Crippen LogP contribution < -0.4 is 5.32 Å². The van der Waals surface area contributed by atoms with Crippen molar-refractivity contribution < 1.29 is 0 Å². The molecule has 2 heteroatoms. The summed E-state index contributed by atoms with van der Waals surface area (Å²) >= 11 is 0. The van der Waals surface area contributed by atoms with Gasteiger partial charge in [-0.3, -0.25) is 0 Å². The topological polar surface area (TPSA) is 12.0 Å². The Balaban J connectivity index is 2.08. The van der Waals surface area contributed by atoms with Crippen LogP contribution in [0.15, 0.2) is 40.8 Å². The Kier molecular flexibility index (Phi) is 3.42. The average Bonchev–Trinajstić information content (AvgIpc) is 2.58. The van der Waals surface area contributed by atoms with Crippen molar-refractivity contribution in [1.82, 2.24) is 0 Å². The highest BCUT2D eigenvalue weighted by molar-refractivity contribution is 6.53. The second-order valence-electron chi connectivity index (χ2n) is 4.85. The van der Waals surface area contributed by atoms with E-state index in [-0.39, 0.29) is 0 Å². The summed E-state index contributed by atoms with van der Waals surface area (Å²) < 4.78 is 0. The first-order chi connectivity index (χ1) is 8.08. The molecular formula is C15H19BN. The average molecular weight is 224 g/mol. The van der Waals surface area contributed by atoms with E-state index in [0.29, 0.717) is 0 Å². The van der Waals surface area contributed by atoms with Gasteiger partial charge in [0.05, 0.1) is 0 Å². The lowest BCUT2D eigenvalue weighted by Gasteiger charge is -2.13. The van der Waals surface area contributed by atoms with Crippen molar-refractivity contribution in [3.05, 3.63) is 51.9 Å². The van der Waals surface area contributed by atoms with Crippen LogP contribution in [0, 0.1) is 13.8 Å². The molecule has 0 bridgehead atoms. The number of aryl methyl sites for hydroxylation is 2. The normalized spacial score (nSPS) is 14.7. The highest BCUT2D eigenvalue weighted by atomic mass is 14.9. The minimum atomic E-state index is 0.911. The van der Waals surface area contributed by atoms with Crippen LogP contribution >= 0.6 is 0 Å². The Morgan fingerprint density at radius 1 is 1.12 bits per heavy atom. The van der Waals surface area contributed by atoms with Crippen molar-refractivity contribution >= 4 is 13.0 Å². The van der Waals surface area contributed by atoms with Gasteiger partial charge in [0.15, 0.2) is 7.28 Å². The van der Waals surface area contributed by atoms with Gasteiger partial charge in [0.25, 0.3) is 0 Å². The van der Waals surface area contributed by atoms with Gasteiger partial charge in [-0.1, -0.05) is 30.2 Å². The van der Waals surface area contributed by atoms with Gasteiger partial charge in [0, 0.05) is 12.2 Å². The fourth-order valence-electron chi connectivity index (χ4n) is 2.24. The van der Waals surface area contributed by atoms with E-state index in [1.165, 1.54) is 33.4 Å². The summed E-state index contributed by atoms with van der Waals surface area (Å²) in [6.07, 6.45) is 0. The molecule has 1 N–H and O–H groups in total. The molecule has 1 aromatic carbocycles. The smallest absolute Gasteiger partial charge is 0.176 e. The number of allylic oxidation sites excluding steroid dienone is 1. The number of benzene rings is 1. The van der Waals surface area contributed by atoms with E-state index >= 15 is 0 Å². The van der Waals surface area contributed by atoms with Crippen LogP contribution in [0.3, 0.4) is 0 Å². The third kappa shape index (κ3) is 2.63. The predicted molar refractivity (Wildman–Crippen MR) is 76.6 cm³/mol. The zero-order valence-corrected chi connectivity index (χ0v) is 11.1. The fourth-order valence-corrected chi connectivity index (χ4v) is 2.24. The summed E-state index contributed by atoms with van der Waals surface area (Å²) in [5, 5.41) is 3.52. The van der Waals surface area contributed by atoms with Gasteiger partial charge in [0.1, 0.15) is 0 Å². The maximum absolute atomic E-state index is 3.52. The molecule has 2 rings (SSSR count). The Morgan fingerprint density at radius 3 is 2.47 bits per heavy atom. The summed E-state index contributed by atoms with van der Waals surface area (Å²) in [5.74, 6) is 2.19. The number of anilines is 1. The van der Waals surface area contributed by atoms with Crippen LogP contribution in [0.25, 0.3) is 0 Å². The molecule has 87 valence electrons. The summed E-state index contributed by atoms with van der Waals surface area (Å²) in [7, 11) is 2.19. The molecular weight excluding hydrogens is 205 g/mol. The highest BCUT2D eigenvalue weighted by Gasteiger charge is 2.11. The molecule has 1 nitrogen and oxygen atoms in total. The number of hydrogen-bond acceptors (Lipinski definition) is 1. The highest BCUT2D eigenvalue weighted by Crippen LogP contribution is 2.22. The first-order valence-electron chi connectivity index (χ1n) is 6.11. The first kappa shape index (κ1) is 12.0. The SMILES string of the molecule is CC1=C[B]C(C)=C1CNc1ccc(C)cc1C. The summed E-state index contributed by atoms with van der Waals surface area (Å²) in [4.78, 5) is 0. The van der Waals surface area contributed by atoms with Gasteiger partial charge >= 0.3 is 0 Å². The summed E-state index contributed by atoms with van der Waals surface area (Å²) in [5.41, 5.74) is 8.03. The molecule has 17 heavy (non-hydrogen) atoms. The van der Waals surface area contributed by atoms with Gasteiger partial charge in [-0.15, -0.1) is 11.4 Å². The standard InChI is InChI=1S/C15H19BN/c1-10-5-6-15(11(2)7-10)17-9-14-12(3)8-16-13(14)4/h5-8,17H,9H2,1-4H3. The fraction of sp³-hybridized carbons (Fsp3) is 0.333. The molecule has 0 saturated carbocycles. The van der Waals surface area contributed by atoms with E-state index in [4.69, 9.17) is 0 Å². The molecule has 0 saturated heterocycles. The van der Waals surface area contributed by atoms with Crippen LogP contribution in [0.1, 0.15) is 25.0 Å². The molecule has 1 heterocycles. The van der Waals surface area contributed by atoms with Gasteiger partial charge < -0.3 is 5.32 Å². The molecule has 0 aromatic heterocycles. The Hall–Kier alpha value is -1.44. The van der Waals surface area contributed by atoms with Gasteiger partial charge in [-0.05, 0) is 38.0 Å². The second-order valence-corrected chi connectivity index (χ2v) is 4.85. The number of rotatable bonds is 3. The van der Waals surface area contributed by atoms with Crippen molar-refractivity contribution in [2.75, 3.05) is 11.9 Å². The van der Waals surface area contributed by atoms with Crippen LogP contribution in [-0.2, 0) is 0 Å². The lowest BCUT2D eigenvalue weighted by atomic mass is 9.73. The van der Waals surface area contributed by atoms with Gasteiger partial charge in [-0.25, -0.2) is 0 Å². The molecule has 1 aliphatic rings. The van der Waals surface area contributed by atoms with Crippen molar-refractivity contribution in [2.24, 2.45) is 0 Å². The van der Waals surface area contributed by atoms with Gasteiger partial charge in [-0.2, -0.15) is 0 Å². The minimum Gasteiger partial charge on any atom is -0.381 e. The molecule has 0 spiro atoms. The van der Waals surface area contributed by atoms with Crippen LogP contribution in [0.5, 0.6) is 0 Å². The van der Waals surface area contributed by atoms with E-state index in [2.05, 4.69) is 64.5 Å². The quantitative estimate of drug-likeness (QED) is 0.773.